The lowest BCUT2D eigenvalue weighted by Crippen LogP contribution is -2.67. The van der Waals surface area contributed by atoms with Gasteiger partial charge in [0.1, 0.15) is 0 Å². The minimum Gasteiger partial charge on any atom is -0.481 e. The highest BCUT2D eigenvalue weighted by Crippen LogP contribution is 2.77. The number of halogens is 1. The van der Waals surface area contributed by atoms with Crippen molar-refractivity contribution in [3.8, 4) is 0 Å². The first-order chi connectivity index (χ1) is 22.9. The predicted octanol–water partition coefficient (Wildman–Crippen LogP) is 8.35. The standard InChI is InChI=1S/C41H67FN2O5/c1-26(2)27-16-21-41(36(49)43-24-12-10-8-9-11-13-33(46)44-32(42)25-34(47)48)23-22-39(6)28(35(27)41)14-15-30-38(5)19-18-31(45)37(3,4)29(38)17-20-40(30,39)7/h27-32,35,45H,1,8-25H2,2-7H3,(H,43,49)(H,44,46)(H,47,48)/t27-,28+,29-,30?,31-,32?,35+,38-,39+,40+,41-/m0/s1. The number of unbranched alkanes of at least 4 members (excludes halogenated alkanes) is 4. The maximum Gasteiger partial charge on any atom is 0.308 e. The Balaban J connectivity index is 1.20. The van der Waals surface area contributed by atoms with E-state index in [4.69, 9.17) is 5.11 Å². The largest absolute Gasteiger partial charge is 0.481 e. The predicted molar refractivity (Wildman–Crippen MR) is 191 cm³/mol. The topological polar surface area (TPSA) is 116 Å². The first kappa shape index (κ1) is 38.3. The van der Waals surface area contributed by atoms with Crippen LogP contribution in [0.15, 0.2) is 12.2 Å². The van der Waals surface area contributed by atoms with Crippen LogP contribution in [0.25, 0.3) is 0 Å². The number of carbonyl (C=O) groups is 3. The van der Waals surface area contributed by atoms with Crippen molar-refractivity contribution in [2.24, 2.45) is 56.7 Å². The summed E-state index contributed by atoms with van der Waals surface area (Å²) >= 11 is 0. The highest BCUT2D eigenvalue weighted by Gasteiger charge is 2.71. The first-order valence-electron chi connectivity index (χ1n) is 19.7. The monoisotopic (exact) mass is 687 g/mol. The number of aliphatic hydroxyl groups excluding tert-OH is 1. The van der Waals surface area contributed by atoms with Crippen LogP contribution >= 0.6 is 0 Å². The van der Waals surface area contributed by atoms with Crippen LogP contribution in [0.2, 0.25) is 0 Å². The smallest absolute Gasteiger partial charge is 0.308 e. The zero-order chi connectivity index (χ0) is 36.0. The van der Waals surface area contributed by atoms with Crippen molar-refractivity contribution < 1.29 is 29.0 Å². The van der Waals surface area contributed by atoms with E-state index in [9.17, 15) is 23.9 Å². The minimum atomic E-state index is -1.85. The molecule has 5 aliphatic rings. The number of nitrogens with one attached hydrogen (secondary N) is 2. The van der Waals surface area contributed by atoms with Gasteiger partial charge in [-0.05, 0) is 135 Å². The number of amides is 2. The number of hydrogen-bond donors (Lipinski definition) is 4. The van der Waals surface area contributed by atoms with Gasteiger partial charge in [0.15, 0.2) is 6.30 Å². The number of aliphatic hydroxyl groups is 1. The number of fused-ring (bicyclic) bond motifs is 7. The fourth-order valence-corrected chi connectivity index (χ4v) is 13.3. The molecule has 278 valence electrons. The summed E-state index contributed by atoms with van der Waals surface area (Å²) in [5, 5.41) is 25.2. The molecule has 5 rings (SSSR count). The summed E-state index contributed by atoms with van der Waals surface area (Å²) in [4.78, 5) is 36.8. The van der Waals surface area contributed by atoms with Crippen LogP contribution in [-0.2, 0) is 14.4 Å². The molecule has 0 aromatic carbocycles. The van der Waals surface area contributed by atoms with E-state index in [-0.39, 0.29) is 45.5 Å². The molecule has 0 bridgehead atoms. The molecule has 5 fully saturated rings. The van der Waals surface area contributed by atoms with Crippen molar-refractivity contribution in [3.05, 3.63) is 12.2 Å². The maximum absolute atomic E-state index is 14.3. The maximum atomic E-state index is 14.3. The number of carboxylic acids is 1. The molecule has 2 unspecified atom stereocenters. The van der Waals surface area contributed by atoms with Gasteiger partial charge in [0.25, 0.3) is 0 Å². The Morgan fingerprint density at radius 3 is 2.22 bits per heavy atom. The Kier molecular flexibility index (Phi) is 11.1. The van der Waals surface area contributed by atoms with Crippen LogP contribution in [0.3, 0.4) is 0 Å². The molecule has 8 heteroatoms. The number of carbonyl (C=O) groups excluding carboxylic acids is 2. The molecule has 5 saturated carbocycles. The summed E-state index contributed by atoms with van der Waals surface area (Å²) < 4.78 is 13.5. The number of alkyl halides is 1. The average molecular weight is 687 g/mol. The summed E-state index contributed by atoms with van der Waals surface area (Å²) in [5.41, 5.74) is 1.50. The number of hydrogen-bond acceptors (Lipinski definition) is 4. The van der Waals surface area contributed by atoms with Gasteiger partial charge in [0.2, 0.25) is 11.8 Å². The summed E-state index contributed by atoms with van der Waals surface area (Å²) in [5.74, 6) is 0.948. The van der Waals surface area contributed by atoms with Gasteiger partial charge >= 0.3 is 5.97 Å². The van der Waals surface area contributed by atoms with Gasteiger partial charge < -0.3 is 20.8 Å². The number of aliphatic carboxylic acids is 1. The molecule has 0 aromatic rings. The third-order valence-corrected chi connectivity index (χ3v) is 16.0. The van der Waals surface area contributed by atoms with E-state index in [0.717, 1.165) is 64.2 Å². The zero-order valence-corrected chi connectivity index (χ0v) is 31.5. The summed E-state index contributed by atoms with van der Waals surface area (Å²) in [6, 6.07) is 0. The second kappa shape index (κ2) is 14.2. The van der Waals surface area contributed by atoms with Gasteiger partial charge in [-0.3, -0.25) is 14.4 Å². The third kappa shape index (κ3) is 6.63. The summed E-state index contributed by atoms with van der Waals surface area (Å²) in [6.45, 7) is 19.8. The molecular weight excluding hydrogens is 619 g/mol. The first-order valence-corrected chi connectivity index (χ1v) is 19.7. The molecule has 49 heavy (non-hydrogen) atoms. The van der Waals surface area contributed by atoms with Gasteiger partial charge in [0.05, 0.1) is 17.9 Å². The number of rotatable bonds is 13. The highest BCUT2D eigenvalue weighted by molar-refractivity contribution is 5.84. The molecule has 0 spiro atoms. The molecule has 0 radical (unpaired) electrons. The van der Waals surface area contributed by atoms with E-state index in [1.807, 2.05) is 0 Å². The van der Waals surface area contributed by atoms with Crippen LogP contribution in [0.4, 0.5) is 4.39 Å². The van der Waals surface area contributed by atoms with Crippen molar-refractivity contribution in [2.75, 3.05) is 6.54 Å². The summed E-state index contributed by atoms with van der Waals surface area (Å²) in [6.07, 6.45) is 12.6. The van der Waals surface area contributed by atoms with Crippen LogP contribution < -0.4 is 10.6 Å². The van der Waals surface area contributed by atoms with Gasteiger partial charge in [-0.1, -0.05) is 66.0 Å². The van der Waals surface area contributed by atoms with Crippen molar-refractivity contribution in [1.29, 1.82) is 0 Å². The zero-order valence-electron chi connectivity index (χ0n) is 31.5. The lowest BCUT2D eigenvalue weighted by atomic mass is 9.32. The van der Waals surface area contributed by atoms with E-state index < -0.39 is 24.6 Å². The molecule has 0 aliphatic heterocycles. The van der Waals surface area contributed by atoms with Crippen molar-refractivity contribution in [1.82, 2.24) is 10.6 Å². The number of carboxylic acid groups (broad SMARTS) is 1. The Morgan fingerprint density at radius 2 is 1.53 bits per heavy atom. The minimum absolute atomic E-state index is 0.0518. The van der Waals surface area contributed by atoms with Gasteiger partial charge in [0, 0.05) is 13.0 Å². The van der Waals surface area contributed by atoms with Crippen molar-refractivity contribution >= 4 is 17.8 Å². The second-order valence-electron chi connectivity index (χ2n) is 18.6. The van der Waals surface area contributed by atoms with Gasteiger partial charge in [-0.2, -0.15) is 0 Å². The van der Waals surface area contributed by atoms with E-state index in [0.29, 0.717) is 42.6 Å². The molecule has 0 aromatic heterocycles. The second-order valence-corrected chi connectivity index (χ2v) is 18.6. The molecule has 2 amide bonds. The average Bonchev–Trinajstić information content (AvgIpc) is 3.42. The molecule has 0 saturated heterocycles. The molecule has 4 N–H and O–H groups in total. The third-order valence-electron chi connectivity index (χ3n) is 16.0. The lowest BCUT2D eigenvalue weighted by Gasteiger charge is -2.72. The molecular formula is C41H67FN2O5. The van der Waals surface area contributed by atoms with Gasteiger partial charge in [-0.15, -0.1) is 0 Å². The van der Waals surface area contributed by atoms with E-state index in [1.54, 1.807) is 0 Å². The Labute approximate surface area is 295 Å². The Hall–Kier alpha value is -1.96. The van der Waals surface area contributed by atoms with Crippen molar-refractivity contribution in [3.63, 3.8) is 0 Å². The molecule has 7 nitrogen and oxygen atoms in total. The van der Waals surface area contributed by atoms with Crippen LogP contribution in [0.1, 0.15) is 151 Å². The summed E-state index contributed by atoms with van der Waals surface area (Å²) in [7, 11) is 0. The molecule has 11 atom stereocenters. The Morgan fingerprint density at radius 1 is 0.837 bits per heavy atom. The molecule has 0 heterocycles. The van der Waals surface area contributed by atoms with Crippen LogP contribution in [0.5, 0.6) is 0 Å². The highest BCUT2D eigenvalue weighted by atomic mass is 19.1. The van der Waals surface area contributed by atoms with Crippen molar-refractivity contribution in [2.45, 2.75) is 163 Å². The van der Waals surface area contributed by atoms with E-state index >= 15 is 0 Å². The Bertz CT molecular complexity index is 1270. The van der Waals surface area contributed by atoms with Crippen LogP contribution in [0, 0.1) is 56.7 Å². The quantitative estimate of drug-likeness (QED) is 0.0883. The van der Waals surface area contributed by atoms with E-state index in [2.05, 4.69) is 58.8 Å². The van der Waals surface area contributed by atoms with E-state index in [1.165, 1.54) is 31.3 Å². The van der Waals surface area contributed by atoms with Crippen LogP contribution in [-0.4, -0.2) is 46.9 Å². The SMILES string of the molecule is C=C(C)[C@@H]1CC[C@]2(C(=O)NCCCCCCCC(=O)NC(F)CC(=O)O)CC[C@]3(C)[C@H](CCC4[C@@]5(C)CC[C@H](O)C(C)(C)[C@@H]5CC[C@]43C)[C@@H]12. The normalized spacial score (nSPS) is 41.3. The lowest BCUT2D eigenvalue weighted by molar-refractivity contribution is -0.246. The number of allylic oxidation sites excluding steroid dienone is 1. The molecule has 5 aliphatic carbocycles. The van der Waals surface area contributed by atoms with Gasteiger partial charge in [-0.25, -0.2) is 4.39 Å². The fourth-order valence-electron chi connectivity index (χ4n) is 13.3. The fraction of sp³-hybridized carbons (Fsp3) is 0.878.